The summed E-state index contributed by atoms with van der Waals surface area (Å²) >= 11 is 0. The lowest BCUT2D eigenvalue weighted by molar-refractivity contribution is -0.139. The molecule has 1 rings (SSSR count). The van der Waals surface area contributed by atoms with Crippen LogP contribution in [-0.2, 0) is 4.79 Å². The number of aliphatic hydroxyl groups excluding tert-OH is 1. The van der Waals surface area contributed by atoms with E-state index in [1.54, 1.807) is 25.1 Å². The first-order valence-electron chi connectivity index (χ1n) is 5.73. The van der Waals surface area contributed by atoms with Gasteiger partial charge in [0.25, 0.3) is 5.91 Å². The van der Waals surface area contributed by atoms with Gasteiger partial charge in [0, 0.05) is 38.9 Å². The van der Waals surface area contributed by atoms with Crippen molar-refractivity contribution < 1.29 is 19.8 Å². The van der Waals surface area contributed by atoms with Gasteiger partial charge in [-0.3, -0.25) is 4.79 Å². The van der Waals surface area contributed by atoms with Crippen molar-refractivity contribution >= 4 is 17.7 Å². The molecule has 0 fully saturated rings. The quantitative estimate of drug-likeness (QED) is 0.654. The number of anilines is 1. The molecule has 0 aromatic carbocycles. The molecule has 1 heterocycles. The fourth-order valence-electron chi connectivity index (χ4n) is 1.43. The highest BCUT2D eigenvalue weighted by Crippen LogP contribution is 2.09. The molecule has 1 aromatic rings. The Morgan fingerprint density at radius 1 is 1.47 bits per heavy atom. The van der Waals surface area contributed by atoms with E-state index in [2.05, 4.69) is 10.3 Å². The van der Waals surface area contributed by atoms with Gasteiger partial charge in [0.2, 0.25) is 0 Å². The van der Waals surface area contributed by atoms with Crippen LogP contribution in [-0.4, -0.2) is 53.8 Å². The van der Waals surface area contributed by atoms with E-state index in [0.29, 0.717) is 11.4 Å². The third kappa shape index (κ3) is 4.22. The lowest BCUT2D eigenvalue weighted by Gasteiger charge is -2.15. The molecule has 19 heavy (non-hydrogen) atoms. The summed E-state index contributed by atoms with van der Waals surface area (Å²) in [6.07, 6.45) is 1.44. The molecule has 7 nitrogen and oxygen atoms in total. The topological polar surface area (TPSA) is 103 Å². The lowest BCUT2D eigenvalue weighted by Crippen LogP contribution is -2.41. The number of carbonyl (C=O) groups excluding carboxylic acids is 1. The first kappa shape index (κ1) is 14.9. The molecule has 1 unspecified atom stereocenters. The number of aliphatic carboxylic acids is 1. The third-order valence-electron chi connectivity index (χ3n) is 2.49. The zero-order chi connectivity index (χ0) is 14.4. The summed E-state index contributed by atoms with van der Waals surface area (Å²) in [4.78, 5) is 28.6. The Hall–Kier alpha value is -2.15. The van der Waals surface area contributed by atoms with Crippen molar-refractivity contribution in [2.75, 3.05) is 25.6 Å². The van der Waals surface area contributed by atoms with E-state index in [-0.39, 0.29) is 13.0 Å². The molecule has 7 heteroatoms. The lowest BCUT2D eigenvalue weighted by atomic mass is 10.2. The second-order valence-electron chi connectivity index (χ2n) is 4.17. The minimum atomic E-state index is -1.18. The van der Waals surface area contributed by atoms with Crippen molar-refractivity contribution in [2.24, 2.45) is 0 Å². The third-order valence-corrected chi connectivity index (χ3v) is 2.49. The van der Waals surface area contributed by atoms with Gasteiger partial charge in [-0.1, -0.05) is 0 Å². The van der Waals surface area contributed by atoms with Gasteiger partial charge in [-0.2, -0.15) is 0 Å². The molecule has 3 N–H and O–H groups in total. The summed E-state index contributed by atoms with van der Waals surface area (Å²) in [5.41, 5.74) is 0.322. The van der Waals surface area contributed by atoms with Crippen LogP contribution in [0.2, 0.25) is 0 Å². The number of aromatic nitrogens is 1. The average Bonchev–Trinajstić information content (AvgIpc) is 2.38. The van der Waals surface area contributed by atoms with Crippen LogP contribution in [0, 0.1) is 0 Å². The summed E-state index contributed by atoms with van der Waals surface area (Å²) in [5, 5.41) is 20.0. The molecule has 1 atom stereocenters. The number of pyridine rings is 1. The van der Waals surface area contributed by atoms with E-state index in [1.165, 1.54) is 12.3 Å². The van der Waals surface area contributed by atoms with Gasteiger partial charge in [-0.05, 0) is 12.1 Å². The van der Waals surface area contributed by atoms with Crippen LogP contribution in [0.25, 0.3) is 0 Å². The number of hydrogen-bond acceptors (Lipinski definition) is 5. The number of amides is 1. The highest BCUT2D eigenvalue weighted by atomic mass is 16.4. The van der Waals surface area contributed by atoms with Crippen molar-refractivity contribution in [1.82, 2.24) is 10.3 Å². The second kappa shape index (κ2) is 6.69. The number of carboxylic acid groups (broad SMARTS) is 1. The van der Waals surface area contributed by atoms with Crippen molar-refractivity contribution in [3.05, 3.63) is 23.9 Å². The summed E-state index contributed by atoms with van der Waals surface area (Å²) in [7, 11) is 3.58. The second-order valence-corrected chi connectivity index (χ2v) is 4.17. The van der Waals surface area contributed by atoms with E-state index in [4.69, 9.17) is 10.2 Å². The van der Waals surface area contributed by atoms with Crippen LogP contribution in [0.15, 0.2) is 18.3 Å². The summed E-state index contributed by atoms with van der Waals surface area (Å²) < 4.78 is 0. The van der Waals surface area contributed by atoms with E-state index in [0.717, 1.165) is 0 Å². The zero-order valence-corrected chi connectivity index (χ0v) is 10.8. The Labute approximate surface area is 110 Å². The minimum Gasteiger partial charge on any atom is -0.480 e. The molecule has 0 spiro atoms. The Morgan fingerprint density at radius 3 is 2.68 bits per heavy atom. The van der Waals surface area contributed by atoms with Crippen LogP contribution in [0.3, 0.4) is 0 Å². The standard InChI is InChI=1S/C12H17N3O4/c1-15(2)10-7-8(3-5-13-10)11(17)14-9(4-6-16)12(18)19/h3,5,7,9,16H,4,6H2,1-2H3,(H,14,17)(H,18,19). The molecule has 0 aliphatic rings. The van der Waals surface area contributed by atoms with Crippen molar-refractivity contribution in [2.45, 2.75) is 12.5 Å². The summed E-state index contributed by atoms with van der Waals surface area (Å²) in [5.74, 6) is -1.09. The van der Waals surface area contributed by atoms with Crippen molar-refractivity contribution in [3.8, 4) is 0 Å². The Balaban J connectivity index is 2.82. The van der Waals surface area contributed by atoms with Crippen molar-refractivity contribution in [3.63, 3.8) is 0 Å². The number of hydrogen-bond donors (Lipinski definition) is 3. The largest absolute Gasteiger partial charge is 0.480 e. The monoisotopic (exact) mass is 267 g/mol. The SMILES string of the molecule is CN(C)c1cc(C(=O)NC(CCO)C(=O)O)ccn1. The van der Waals surface area contributed by atoms with Gasteiger partial charge in [-0.15, -0.1) is 0 Å². The average molecular weight is 267 g/mol. The highest BCUT2D eigenvalue weighted by Gasteiger charge is 2.20. The smallest absolute Gasteiger partial charge is 0.326 e. The van der Waals surface area contributed by atoms with E-state index >= 15 is 0 Å². The fraction of sp³-hybridized carbons (Fsp3) is 0.417. The van der Waals surface area contributed by atoms with Crippen molar-refractivity contribution in [1.29, 1.82) is 0 Å². The number of aliphatic hydroxyl groups is 1. The number of carboxylic acids is 1. The van der Waals surface area contributed by atoms with E-state index in [9.17, 15) is 9.59 Å². The molecule has 0 aliphatic heterocycles. The Kier molecular flexibility index (Phi) is 5.25. The Morgan fingerprint density at radius 2 is 2.16 bits per heavy atom. The predicted molar refractivity (Wildman–Crippen MR) is 69.2 cm³/mol. The Bertz CT molecular complexity index is 462. The van der Waals surface area contributed by atoms with Crippen LogP contribution in [0.1, 0.15) is 16.8 Å². The van der Waals surface area contributed by atoms with Gasteiger partial charge in [0.05, 0.1) is 0 Å². The maximum atomic E-state index is 11.9. The molecule has 0 saturated carbocycles. The zero-order valence-electron chi connectivity index (χ0n) is 10.8. The molecule has 0 aliphatic carbocycles. The fourth-order valence-corrected chi connectivity index (χ4v) is 1.43. The van der Waals surface area contributed by atoms with E-state index in [1.807, 2.05) is 0 Å². The van der Waals surface area contributed by atoms with Crippen LogP contribution in [0.4, 0.5) is 5.82 Å². The predicted octanol–water partition coefficient (Wildman–Crippen LogP) is -0.287. The van der Waals surface area contributed by atoms with Gasteiger partial charge in [0.1, 0.15) is 11.9 Å². The first-order valence-corrected chi connectivity index (χ1v) is 5.73. The maximum absolute atomic E-state index is 11.9. The minimum absolute atomic E-state index is 0.0350. The molecule has 0 bridgehead atoms. The van der Waals surface area contributed by atoms with Crippen LogP contribution >= 0.6 is 0 Å². The molecule has 104 valence electrons. The van der Waals surface area contributed by atoms with Gasteiger partial charge >= 0.3 is 5.97 Å². The number of carbonyl (C=O) groups is 2. The van der Waals surface area contributed by atoms with Crippen LogP contribution < -0.4 is 10.2 Å². The molecule has 0 radical (unpaired) electrons. The number of nitrogens with zero attached hydrogens (tertiary/aromatic N) is 2. The number of rotatable bonds is 6. The van der Waals surface area contributed by atoms with Gasteiger partial charge in [-0.25, -0.2) is 9.78 Å². The first-order chi connectivity index (χ1) is 8.95. The summed E-state index contributed by atoms with van der Waals surface area (Å²) in [6.45, 7) is -0.309. The molecule has 0 saturated heterocycles. The molecular weight excluding hydrogens is 250 g/mol. The number of nitrogens with one attached hydrogen (secondary N) is 1. The van der Waals surface area contributed by atoms with Gasteiger partial charge < -0.3 is 20.4 Å². The van der Waals surface area contributed by atoms with E-state index < -0.39 is 17.9 Å². The molecular formula is C12H17N3O4. The van der Waals surface area contributed by atoms with Crippen LogP contribution in [0.5, 0.6) is 0 Å². The normalized spacial score (nSPS) is 11.7. The van der Waals surface area contributed by atoms with Gasteiger partial charge in [0.15, 0.2) is 0 Å². The summed E-state index contributed by atoms with van der Waals surface area (Å²) in [6, 6.07) is 1.96. The molecule has 1 aromatic heterocycles. The molecule has 1 amide bonds. The maximum Gasteiger partial charge on any atom is 0.326 e. The highest BCUT2D eigenvalue weighted by molar-refractivity contribution is 5.97.